The molecule has 0 spiro atoms. The molecular weight excluding hydrogens is 597 g/mol. The summed E-state index contributed by atoms with van der Waals surface area (Å²) in [6, 6.07) is 20.9. The molecule has 1 aromatic heterocycles. The van der Waals surface area contributed by atoms with Crippen LogP contribution >= 0.6 is 35.1 Å². The molecule has 14 heteroatoms. The summed E-state index contributed by atoms with van der Waals surface area (Å²) in [6.45, 7) is 2.00. The highest BCUT2D eigenvalue weighted by Gasteiger charge is 2.16. The largest absolute Gasteiger partial charge is 0.321 e. The van der Waals surface area contributed by atoms with Crippen molar-refractivity contribution in [2.45, 2.75) is 17.0 Å². The van der Waals surface area contributed by atoms with Gasteiger partial charge in [-0.15, -0.1) is 11.8 Å². The number of thioether (sulfide) groups is 2. The second-order valence-electron chi connectivity index (χ2n) is 8.36. The molecule has 3 N–H and O–H groups in total. The number of non-ortho nitro benzene ring substituents is 1. The molecule has 1 heterocycles. The van der Waals surface area contributed by atoms with E-state index < -0.39 is 16.7 Å². The first-order valence-electron chi connectivity index (χ1n) is 12.4. The van der Waals surface area contributed by atoms with Crippen LogP contribution in [0, 0.1) is 10.1 Å². The van der Waals surface area contributed by atoms with Gasteiger partial charge in [-0.2, -0.15) is 9.36 Å². The Bertz CT molecular complexity index is 1590. The Hall–Kier alpha value is -4.53. The van der Waals surface area contributed by atoms with E-state index >= 15 is 0 Å². The number of nitrogens with one attached hydrogen (secondary N) is 3. The number of benzene rings is 3. The van der Waals surface area contributed by atoms with E-state index in [0.717, 1.165) is 22.2 Å². The van der Waals surface area contributed by atoms with Gasteiger partial charge in [0, 0.05) is 39.8 Å². The minimum atomic E-state index is -0.588. The second kappa shape index (κ2) is 14.9. The van der Waals surface area contributed by atoms with Crippen molar-refractivity contribution in [3.05, 3.63) is 106 Å². The Morgan fingerprint density at radius 1 is 0.952 bits per heavy atom. The number of hydrogen-bond donors (Lipinski definition) is 3. The van der Waals surface area contributed by atoms with Gasteiger partial charge in [-0.1, -0.05) is 36.9 Å². The van der Waals surface area contributed by atoms with E-state index in [9.17, 15) is 24.5 Å². The molecule has 0 atom stereocenters. The van der Waals surface area contributed by atoms with Crippen LogP contribution in [0.25, 0.3) is 6.08 Å². The zero-order valence-electron chi connectivity index (χ0n) is 22.1. The fourth-order valence-corrected chi connectivity index (χ4v) is 5.37. The maximum Gasteiger partial charge on any atom is 0.272 e. The van der Waals surface area contributed by atoms with E-state index in [4.69, 9.17) is 0 Å². The Morgan fingerprint density at radius 2 is 1.67 bits per heavy atom. The van der Waals surface area contributed by atoms with Crippen molar-refractivity contribution < 1.29 is 19.3 Å². The highest BCUT2D eigenvalue weighted by molar-refractivity contribution is 8.00. The number of carbonyl (C=O) groups is 3. The molecule has 3 aromatic carbocycles. The van der Waals surface area contributed by atoms with E-state index in [0.29, 0.717) is 27.1 Å². The van der Waals surface area contributed by atoms with E-state index in [1.165, 1.54) is 53.9 Å². The second-order valence-corrected chi connectivity index (χ2v) is 11.4. The van der Waals surface area contributed by atoms with E-state index in [2.05, 4.69) is 25.3 Å². The molecule has 0 radical (unpaired) electrons. The number of carbonyl (C=O) groups excluding carboxylic acids is 3. The molecule has 0 aliphatic carbocycles. The van der Waals surface area contributed by atoms with Gasteiger partial charge >= 0.3 is 0 Å². The average Bonchev–Trinajstić information content (AvgIpc) is 3.43. The minimum absolute atomic E-state index is 0.0509. The van der Waals surface area contributed by atoms with Crippen LogP contribution in [0.2, 0.25) is 0 Å². The van der Waals surface area contributed by atoms with Crippen molar-refractivity contribution in [2.75, 3.05) is 22.1 Å². The third-order valence-electron chi connectivity index (χ3n) is 5.35. The van der Waals surface area contributed by atoms with Crippen LogP contribution in [0.3, 0.4) is 0 Å². The Labute approximate surface area is 253 Å². The number of nitrogens with zero attached hydrogens (tertiary/aromatic N) is 3. The van der Waals surface area contributed by atoms with Crippen molar-refractivity contribution in [1.82, 2.24) is 14.7 Å². The van der Waals surface area contributed by atoms with Crippen LogP contribution < -0.4 is 16.0 Å². The summed E-state index contributed by atoms with van der Waals surface area (Å²) in [6.07, 6.45) is 1.44. The number of rotatable bonds is 12. The molecular formula is C28H24N6O5S3. The van der Waals surface area contributed by atoms with E-state index in [1.54, 1.807) is 54.6 Å². The van der Waals surface area contributed by atoms with Gasteiger partial charge in [-0.25, -0.2) is 0 Å². The number of anilines is 2. The summed E-state index contributed by atoms with van der Waals surface area (Å²) in [4.78, 5) is 53.8. The summed E-state index contributed by atoms with van der Waals surface area (Å²) in [7, 11) is 0. The Kier molecular flexibility index (Phi) is 10.8. The van der Waals surface area contributed by atoms with Gasteiger partial charge in [0.2, 0.25) is 16.2 Å². The van der Waals surface area contributed by atoms with Crippen LogP contribution in [-0.2, 0) is 9.59 Å². The van der Waals surface area contributed by atoms with Crippen LogP contribution in [-0.4, -0.2) is 43.5 Å². The standard InChI is InChI=1S/C28H24N6O5S3/c1-2-40-28-32-27(42-33-28)31-24(35)17-41-22-14-10-20(11-15-22)29-26(37)23(30-25(36)19-6-4-3-5-7-19)16-18-8-12-21(13-9-18)34(38)39/h3-16H,2,17H2,1H3,(H,29,37)(H,30,36)(H,31,32,33,35)/b23-16-. The summed E-state index contributed by atoms with van der Waals surface area (Å²) in [5.41, 5.74) is 1.16. The lowest BCUT2D eigenvalue weighted by atomic mass is 10.1. The first kappa shape index (κ1) is 30.4. The van der Waals surface area contributed by atoms with Crippen LogP contribution in [0.5, 0.6) is 0 Å². The predicted octanol–water partition coefficient (Wildman–Crippen LogP) is 5.70. The number of nitro benzene ring substituents is 1. The third kappa shape index (κ3) is 8.99. The van der Waals surface area contributed by atoms with Crippen LogP contribution in [0.4, 0.5) is 16.5 Å². The topological polar surface area (TPSA) is 156 Å². The molecule has 4 aromatic rings. The van der Waals surface area contributed by atoms with Gasteiger partial charge in [-0.3, -0.25) is 29.8 Å². The summed E-state index contributed by atoms with van der Waals surface area (Å²) < 4.78 is 4.17. The lowest BCUT2D eigenvalue weighted by Gasteiger charge is -2.12. The van der Waals surface area contributed by atoms with Gasteiger partial charge in [-0.05, 0) is 65.9 Å². The molecule has 42 heavy (non-hydrogen) atoms. The lowest BCUT2D eigenvalue weighted by Crippen LogP contribution is -2.30. The van der Waals surface area contributed by atoms with E-state index in [1.807, 2.05) is 6.92 Å². The Balaban J connectivity index is 1.40. The van der Waals surface area contributed by atoms with Gasteiger partial charge in [0.05, 0.1) is 10.7 Å². The predicted molar refractivity (Wildman–Crippen MR) is 166 cm³/mol. The molecule has 0 saturated carbocycles. The quantitative estimate of drug-likeness (QED) is 0.0782. The van der Waals surface area contributed by atoms with Crippen molar-refractivity contribution >= 4 is 75.4 Å². The highest BCUT2D eigenvalue weighted by Crippen LogP contribution is 2.23. The molecule has 214 valence electrons. The molecule has 3 amide bonds. The molecule has 0 unspecified atom stereocenters. The summed E-state index contributed by atoms with van der Waals surface area (Å²) in [5, 5.41) is 20.2. The minimum Gasteiger partial charge on any atom is -0.321 e. The first-order chi connectivity index (χ1) is 20.3. The summed E-state index contributed by atoms with van der Waals surface area (Å²) >= 11 is 3.95. The van der Waals surface area contributed by atoms with E-state index in [-0.39, 0.29) is 23.0 Å². The maximum absolute atomic E-state index is 13.2. The molecule has 0 aliphatic rings. The van der Waals surface area contributed by atoms with Crippen molar-refractivity contribution in [1.29, 1.82) is 0 Å². The molecule has 11 nitrogen and oxygen atoms in total. The highest BCUT2D eigenvalue weighted by atomic mass is 32.2. The van der Waals surface area contributed by atoms with Crippen molar-refractivity contribution in [3.8, 4) is 0 Å². The molecule has 0 bridgehead atoms. The fraction of sp³-hybridized carbons (Fsp3) is 0.107. The SMILES string of the molecule is CCSc1nsc(NC(=O)CSc2ccc(NC(=O)/C(=C/c3ccc([N+](=O)[O-])cc3)NC(=O)c3ccccc3)cc2)n1. The third-order valence-corrected chi connectivity index (χ3v) is 7.84. The number of amides is 3. The van der Waals surface area contributed by atoms with Crippen LogP contribution in [0.15, 0.2) is 94.6 Å². The van der Waals surface area contributed by atoms with Crippen LogP contribution in [0.1, 0.15) is 22.8 Å². The molecule has 4 rings (SSSR count). The normalized spacial score (nSPS) is 11.0. The van der Waals surface area contributed by atoms with Gasteiger partial charge < -0.3 is 10.6 Å². The molecule has 0 fully saturated rings. The Morgan fingerprint density at radius 3 is 2.33 bits per heavy atom. The average molecular weight is 621 g/mol. The molecule has 0 aliphatic heterocycles. The van der Waals surface area contributed by atoms with Crippen molar-refractivity contribution in [3.63, 3.8) is 0 Å². The van der Waals surface area contributed by atoms with Gasteiger partial charge in [0.15, 0.2) is 0 Å². The zero-order valence-corrected chi connectivity index (χ0v) is 24.6. The number of nitro groups is 1. The number of hydrogen-bond acceptors (Lipinski definition) is 10. The summed E-state index contributed by atoms with van der Waals surface area (Å²) in [5.74, 6) is -0.282. The molecule has 0 saturated heterocycles. The fourth-order valence-electron chi connectivity index (χ4n) is 3.39. The maximum atomic E-state index is 13.2. The van der Waals surface area contributed by atoms with Gasteiger partial charge in [0.25, 0.3) is 17.5 Å². The lowest BCUT2D eigenvalue weighted by molar-refractivity contribution is -0.384. The zero-order chi connectivity index (χ0) is 29.9. The monoisotopic (exact) mass is 620 g/mol. The first-order valence-corrected chi connectivity index (χ1v) is 15.2. The smallest absolute Gasteiger partial charge is 0.272 e. The van der Waals surface area contributed by atoms with Crippen molar-refractivity contribution in [2.24, 2.45) is 0 Å². The number of aromatic nitrogens is 2. The van der Waals surface area contributed by atoms with Gasteiger partial charge in [0.1, 0.15) is 5.70 Å².